The fourth-order valence-electron chi connectivity index (χ4n) is 1.16. The molecule has 0 spiro atoms. The molecule has 0 bridgehead atoms. The van der Waals surface area contributed by atoms with E-state index in [2.05, 4.69) is 36.6 Å². The largest absolute Gasteiger partial charge is 0.506 e. The van der Waals surface area contributed by atoms with Crippen molar-refractivity contribution >= 4 is 42.0 Å². The van der Waals surface area contributed by atoms with Gasteiger partial charge < -0.3 is 9.84 Å². The van der Waals surface area contributed by atoms with Crippen molar-refractivity contribution in [2.45, 2.75) is 12.3 Å². The van der Waals surface area contributed by atoms with E-state index in [1.165, 1.54) is 0 Å². The van der Waals surface area contributed by atoms with Crippen molar-refractivity contribution < 1.29 is 36.0 Å². The topological polar surface area (TPSA) is 83.8 Å². The minimum atomic E-state index is -4.99. The van der Waals surface area contributed by atoms with Crippen LogP contribution in [0.15, 0.2) is 21.1 Å². The van der Waals surface area contributed by atoms with Gasteiger partial charge in [-0.25, -0.2) is 0 Å². The first kappa shape index (κ1) is 17.5. The fraction of sp³-hybridized carbons (Fsp3) is 0.333. The number of alkyl halides is 3. The highest BCUT2D eigenvalue weighted by molar-refractivity contribution is 9.11. The van der Waals surface area contributed by atoms with Crippen LogP contribution in [0.1, 0.15) is 0 Å². The molecule has 2 N–H and O–H groups in total. The number of hydrogen-bond acceptors (Lipinski definition) is 4. The molecule has 0 aromatic heterocycles. The number of benzene rings is 1. The summed E-state index contributed by atoms with van der Waals surface area (Å²) in [7, 11) is -4.87. The normalized spacial score (nSPS) is 14.1. The highest BCUT2D eigenvalue weighted by Crippen LogP contribution is 2.37. The van der Waals surface area contributed by atoms with Gasteiger partial charge in [0.15, 0.2) is 0 Å². The van der Waals surface area contributed by atoms with E-state index < -0.39 is 28.2 Å². The maximum atomic E-state index is 12.6. The van der Waals surface area contributed by atoms with Gasteiger partial charge in [0.2, 0.25) is 6.10 Å². The Kier molecular flexibility index (Phi) is 5.33. The van der Waals surface area contributed by atoms with Crippen molar-refractivity contribution in [3.63, 3.8) is 0 Å². The Labute approximate surface area is 128 Å². The summed E-state index contributed by atoms with van der Waals surface area (Å²) in [4.78, 5) is 0. The van der Waals surface area contributed by atoms with E-state index >= 15 is 0 Å². The zero-order chi connectivity index (χ0) is 15.7. The first-order valence-electron chi connectivity index (χ1n) is 4.76. The molecular formula is C9H7Br2F3O5S. The third-order valence-corrected chi connectivity index (χ3v) is 3.93. The zero-order valence-electron chi connectivity index (χ0n) is 9.36. The van der Waals surface area contributed by atoms with Crippen LogP contribution in [0, 0.1) is 0 Å². The highest BCUT2D eigenvalue weighted by atomic mass is 79.9. The van der Waals surface area contributed by atoms with Crippen LogP contribution in [0.5, 0.6) is 11.5 Å². The first-order valence-corrected chi connectivity index (χ1v) is 7.96. The molecule has 1 rings (SSSR count). The van der Waals surface area contributed by atoms with Crippen LogP contribution in [0.25, 0.3) is 0 Å². The Bertz CT molecular complexity index is 579. The number of phenols is 1. The summed E-state index contributed by atoms with van der Waals surface area (Å²) < 4.78 is 72.3. The van der Waals surface area contributed by atoms with Gasteiger partial charge in [0, 0.05) is 0 Å². The fourth-order valence-corrected chi connectivity index (χ4v) is 2.95. The molecular weight excluding hydrogens is 437 g/mol. The van der Waals surface area contributed by atoms with Crippen molar-refractivity contribution in [2.24, 2.45) is 0 Å². The van der Waals surface area contributed by atoms with Gasteiger partial charge in [0.05, 0.1) is 8.95 Å². The molecule has 0 saturated heterocycles. The Hall–Kier alpha value is -0.520. The molecule has 1 unspecified atom stereocenters. The lowest BCUT2D eigenvalue weighted by Crippen LogP contribution is -2.40. The molecule has 5 nitrogen and oxygen atoms in total. The molecule has 1 aromatic carbocycles. The summed E-state index contributed by atoms with van der Waals surface area (Å²) in [5.41, 5.74) is 0. The predicted molar refractivity (Wildman–Crippen MR) is 70.4 cm³/mol. The molecule has 0 aliphatic rings. The van der Waals surface area contributed by atoms with E-state index in [0.29, 0.717) is 0 Å². The maximum absolute atomic E-state index is 12.6. The second-order valence-electron chi connectivity index (χ2n) is 3.63. The lowest BCUT2D eigenvalue weighted by molar-refractivity contribution is -0.188. The summed E-state index contributed by atoms with van der Waals surface area (Å²) in [6.45, 7) is 0. The van der Waals surface area contributed by atoms with Crippen LogP contribution < -0.4 is 4.74 Å². The molecule has 0 heterocycles. The first-order chi connectivity index (χ1) is 8.90. The molecule has 0 fully saturated rings. The monoisotopic (exact) mass is 442 g/mol. The molecule has 20 heavy (non-hydrogen) atoms. The van der Waals surface area contributed by atoms with E-state index in [9.17, 15) is 26.7 Å². The second kappa shape index (κ2) is 6.08. The molecule has 1 atom stereocenters. The Morgan fingerprint density at radius 3 is 2.05 bits per heavy atom. The minimum Gasteiger partial charge on any atom is -0.506 e. The van der Waals surface area contributed by atoms with Crippen LogP contribution in [0.4, 0.5) is 13.2 Å². The van der Waals surface area contributed by atoms with Gasteiger partial charge in [-0.2, -0.15) is 21.6 Å². The number of hydrogen-bond donors (Lipinski definition) is 2. The predicted octanol–water partition coefficient (Wildman–Crippen LogP) is 3.11. The van der Waals surface area contributed by atoms with Crippen molar-refractivity contribution in [3.8, 4) is 11.5 Å². The van der Waals surface area contributed by atoms with Crippen molar-refractivity contribution in [1.29, 1.82) is 0 Å². The Morgan fingerprint density at radius 2 is 1.70 bits per heavy atom. The molecule has 0 aliphatic carbocycles. The van der Waals surface area contributed by atoms with Crippen LogP contribution in [-0.4, -0.2) is 36.1 Å². The standard InChI is InChI=1S/C9H7Br2F3O5S/c10-5-1-4(2-6(11)8(5)15)19-7(9(12,13)14)3-20(16,17)18/h1-2,7,15H,3H2,(H,16,17,18). The number of rotatable bonds is 4. The van der Waals surface area contributed by atoms with Gasteiger partial charge >= 0.3 is 6.18 Å². The quantitative estimate of drug-likeness (QED) is 0.698. The molecule has 114 valence electrons. The van der Waals surface area contributed by atoms with Crippen molar-refractivity contribution in [3.05, 3.63) is 21.1 Å². The Morgan fingerprint density at radius 1 is 1.25 bits per heavy atom. The average molecular weight is 444 g/mol. The molecule has 1 aromatic rings. The van der Waals surface area contributed by atoms with Gasteiger partial charge in [-0.15, -0.1) is 0 Å². The van der Waals surface area contributed by atoms with E-state index in [1.807, 2.05) is 0 Å². The molecule has 0 aliphatic heterocycles. The average Bonchev–Trinajstić information content (AvgIpc) is 2.21. The third kappa shape index (κ3) is 5.11. The second-order valence-corrected chi connectivity index (χ2v) is 6.84. The Balaban J connectivity index is 3.08. The van der Waals surface area contributed by atoms with Crippen molar-refractivity contribution in [1.82, 2.24) is 0 Å². The van der Waals surface area contributed by atoms with E-state index in [-0.39, 0.29) is 20.4 Å². The SMILES string of the molecule is O=S(=O)(O)CC(Oc1cc(Br)c(O)c(Br)c1)C(F)(F)F. The zero-order valence-corrected chi connectivity index (χ0v) is 13.3. The smallest absolute Gasteiger partial charge is 0.426 e. The number of halogens is 5. The summed E-state index contributed by atoms with van der Waals surface area (Å²) in [5.74, 6) is -2.23. The van der Waals surface area contributed by atoms with E-state index in [0.717, 1.165) is 12.1 Å². The number of phenolic OH excluding ortho intramolecular Hbond substituents is 1. The van der Waals surface area contributed by atoms with Crippen LogP contribution >= 0.6 is 31.9 Å². The lowest BCUT2D eigenvalue weighted by Gasteiger charge is -2.21. The molecule has 11 heteroatoms. The van der Waals surface area contributed by atoms with Crippen molar-refractivity contribution in [2.75, 3.05) is 5.75 Å². The summed E-state index contributed by atoms with van der Waals surface area (Å²) in [6, 6.07) is 2.06. The minimum absolute atomic E-state index is 0.0506. The number of aromatic hydroxyl groups is 1. The lowest BCUT2D eigenvalue weighted by atomic mass is 10.3. The van der Waals surface area contributed by atoms with Gasteiger partial charge in [0.1, 0.15) is 17.3 Å². The third-order valence-electron chi connectivity index (χ3n) is 2.00. The van der Waals surface area contributed by atoms with Crippen LogP contribution in [0.2, 0.25) is 0 Å². The summed E-state index contributed by atoms with van der Waals surface area (Å²) >= 11 is 5.78. The molecule has 0 saturated carbocycles. The number of ether oxygens (including phenoxy) is 1. The highest BCUT2D eigenvalue weighted by Gasteiger charge is 2.44. The van der Waals surface area contributed by atoms with Gasteiger partial charge in [0.25, 0.3) is 10.1 Å². The summed E-state index contributed by atoms with van der Waals surface area (Å²) in [6.07, 6.45) is -7.73. The van der Waals surface area contributed by atoms with Crippen LogP contribution in [-0.2, 0) is 10.1 Å². The molecule has 0 amide bonds. The molecule has 0 radical (unpaired) electrons. The van der Waals surface area contributed by atoms with Gasteiger partial charge in [-0.1, -0.05) is 0 Å². The van der Waals surface area contributed by atoms with Gasteiger partial charge in [-0.3, -0.25) is 4.55 Å². The van der Waals surface area contributed by atoms with Gasteiger partial charge in [-0.05, 0) is 44.0 Å². The summed E-state index contributed by atoms with van der Waals surface area (Å²) in [5, 5.41) is 9.40. The van der Waals surface area contributed by atoms with E-state index in [1.54, 1.807) is 0 Å². The van der Waals surface area contributed by atoms with Crippen LogP contribution in [0.3, 0.4) is 0 Å². The van der Waals surface area contributed by atoms with E-state index in [4.69, 9.17) is 4.55 Å². The maximum Gasteiger partial charge on any atom is 0.426 e.